The predicted molar refractivity (Wildman–Crippen MR) is 129 cm³/mol. The third-order valence-electron chi connectivity index (χ3n) is 6.93. The van der Waals surface area contributed by atoms with Gasteiger partial charge in [-0.15, -0.1) is 17.5 Å². The van der Waals surface area contributed by atoms with E-state index in [2.05, 4.69) is 61.5 Å². The van der Waals surface area contributed by atoms with Crippen LogP contribution in [0, 0.1) is 0 Å². The lowest BCUT2D eigenvalue weighted by Gasteiger charge is -2.36. The maximum Gasteiger partial charge on any atom is 0.173 e. The molecule has 1 saturated carbocycles. The first-order valence-electron chi connectivity index (χ1n) is 11.6. The number of hydrogen-bond acceptors (Lipinski definition) is 6. The van der Waals surface area contributed by atoms with Gasteiger partial charge < -0.3 is 9.47 Å². The fraction of sp³-hybridized carbons (Fsp3) is 0.480. The molecule has 1 unspecified atom stereocenters. The monoisotopic (exact) mass is 469 g/mol. The van der Waals surface area contributed by atoms with Gasteiger partial charge in [0.2, 0.25) is 0 Å². The Kier molecular flexibility index (Phi) is 7.50. The fourth-order valence-electron chi connectivity index (χ4n) is 5.25. The van der Waals surface area contributed by atoms with Gasteiger partial charge in [0.15, 0.2) is 17.3 Å². The van der Waals surface area contributed by atoms with Gasteiger partial charge in [0.25, 0.3) is 0 Å². The van der Waals surface area contributed by atoms with E-state index in [1.54, 1.807) is 14.2 Å². The molecule has 3 aromatic rings. The number of benzene rings is 2. The molecule has 33 heavy (non-hydrogen) atoms. The highest BCUT2D eigenvalue weighted by Gasteiger charge is 2.33. The van der Waals surface area contributed by atoms with E-state index >= 15 is 0 Å². The number of methoxy groups -OCH3 is 2. The number of aromatic nitrogens is 4. The minimum atomic E-state index is -0.0555. The van der Waals surface area contributed by atoms with Gasteiger partial charge in [-0.3, -0.25) is 4.90 Å². The highest BCUT2D eigenvalue weighted by atomic mass is 35.5. The molecule has 1 aliphatic carbocycles. The van der Waals surface area contributed by atoms with Gasteiger partial charge in [-0.1, -0.05) is 49.6 Å². The van der Waals surface area contributed by atoms with Crippen molar-refractivity contribution in [2.24, 2.45) is 0 Å². The lowest BCUT2D eigenvalue weighted by molar-refractivity contribution is 0.187. The van der Waals surface area contributed by atoms with E-state index in [1.807, 2.05) is 6.07 Å². The molecule has 2 aromatic carbocycles. The number of halogens is 1. The third-order valence-corrected chi connectivity index (χ3v) is 6.93. The Hall–Kier alpha value is -2.64. The van der Waals surface area contributed by atoms with Crippen LogP contribution < -0.4 is 9.47 Å². The summed E-state index contributed by atoms with van der Waals surface area (Å²) < 4.78 is 13.2. The molecule has 2 aliphatic rings. The summed E-state index contributed by atoms with van der Waals surface area (Å²) in [4.78, 5) is 2.49. The summed E-state index contributed by atoms with van der Waals surface area (Å²) in [7, 11) is 3.35. The van der Waals surface area contributed by atoms with Crippen LogP contribution in [-0.2, 0) is 13.0 Å². The Labute approximate surface area is 201 Å². The zero-order chi connectivity index (χ0) is 21.9. The van der Waals surface area contributed by atoms with Crippen LogP contribution in [0.4, 0.5) is 0 Å². The molecule has 2 heterocycles. The second kappa shape index (κ2) is 10.5. The Morgan fingerprint density at radius 1 is 0.939 bits per heavy atom. The fourth-order valence-corrected chi connectivity index (χ4v) is 5.25. The standard InChI is InChI=1S/C25H31N5O2.ClH/c1-31-22-13-12-19(16-23(22)32-2)24(29-15-14-18-8-6-7-9-20(18)17-29)25-26-27-28-30(25)21-10-4-3-5-11-21;/h6-9,12-13,16,21,24H,3-5,10-11,14-15,17H2,1-2H3;1H. The first-order valence-corrected chi connectivity index (χ1v) is 11.6. The van der Waals surface area contributed by atoms with Crippen molar-refractivity contribution in [2.45, 2.75) is 57.2 Å². The van der Waals surface area contributed by atoms with Crippen LogP contribution >= 0.6 is 12.4 Å². The van der Waals surface area contributed by atoms with Crippen LogP contribution in [0.2, 0.25) is 0 Å². The van der Waals surface area contributed by atoms with Crippen molar-refractivity contribution in [1.82, 2.24) is 25.1 Å². The molecule has 7 nitrogen and oxygen atoms in total. The van der Waals surface area contributed by atoms with Crippen molar-refractivity contribution in [1.29, 1.82) is 0 Å². The molecule has 0 amide bonds. The molecule has 176 valence electrons. The first-order chi connectivity index (χ1) is 15.8. The highest BCUT2D eigenvalue weighted by molar-refractivity contribution is 5.85. The van der Waals surface area contributed by atoms with Crippen LogP contribution in [0.15, 0.2) is 42.5 Å². The largest absolute Gasteiger partial charge is 0.493 e. The van der Waals surface area contributed by atoms with Crippen molar-refractivity contribution in [3.05, 3.63) is 65.0 Å². The second-order valence-electron chi connectivity index (χ2n) is 8.78. The number of nitrogens with zero attached hydrogens (tertiary/aromatic N) is 5. The molecule has 1 fully saturated rings. The Bertz CT molecular complexity index is 1070. The van der Waals surface area contributed by atoms with Gasteiger partial charge in [0, 0.05) is 13.1 Å². The summed E-state index contributed by atoms with van der Waals surface area (Å²) in [6.45, 7) is 1.82. The average molecular weight is 470 g/mol. The number of tetrazole rings is 1. The Morgan fingerprint density at radius 3 is 2.45 bits per heavy atom. The molecular weight excluding hydrogens is 438 g/mol. The molecule has 1 aromatic heterocycles. The van der Waals surface area contributed by atoms with E-state index < -0.39 is 0 Å². The molecule has 5 rings (SSSR count). The lowest BCUT2D eigenvalue weighted by atomic mass is 9.94. The van der Waals surface area contributed by atoms with Gasteiger partial charge >= 0.3 is 0 Å². The summed E-state index contributed by atoms with van der Waals surface area (Å²) in [5.41, 5.74) is 3.93. The van der Waals surface area contributed by atoms with Gasteiger partial charge in [0.05, 0.1) is 26.3 Å². The topological polar surface area (TPSA) is 65.3 Å². The Morgan fingerprint density at radius 2 is 1.70 bits per heavy atom. The van der Waals surface area contributed by atoms with Crippen molar-refractivity contribution < 1.29 is 9.47 Å². The van der Waals surface area contributed by atoms with E-state index in [0.29, 0.717) is 6.04 Å². The molecule has 0 saturated heterocycles. The van der Waals surface area contributed by atoms with Crippen LogP contribution in [0.25, 0.3) is 0 Å². The molecule has 1 aliphatic heterocycles. The first kappa shape index (κ1) is 23.5. The van der Waals surface area contributed by atoms with Gasteiger partial charge in [0.1, 0.15) is 0 Å². The highest BCUT2D eigenvalue weighted by Crippen LogP contribution is 2.38. The van der Waals surface area contributed by atoms with E-state index in [4.69, 9.17) is 9.47 Å². The van der Waals surface area contributed by atoms with Crippen molar-refractivity contribution >= 4 is 12.4 Å². The molecule has 8 heteroatoms. The number of hydrogen-bond donors (Lipinski definition) is 0. The van der Waals surface area contributed by atoms with Crippen LogP contribution in [-0.4, -0.2) is 45.9 Å². The predicted octanol–water partition coefficient (Wildman–Crippen LogP) is 4.77. The van der Waals surface area contributed by atoms with Crippen molar-refractivity contribution in [3.63, 3.8) is 0 Å². The van der Waals surface area contributed by atoms with Gasteiger partial charge in [-0.05, 0) is 58.5 Å². The normalized spacial score (nSPS) is 17.6. The molecule has 0 spiro atoms. The Balaban J connectivity index is 0.00000259. The quantitative estimate of drug-likeness (QED) is 0.518. The van der Waals surface area contributed by atoms with Crippen LogP contribution in [0.1, 0.15) is 66.7 Å². The summed E-state index contributed by atoms with van der Waals surface area (Å²) in [6.07, 6.45) is 7.07. The van der Waals surface area contributed by atoms with Crippen LogP contribution in [0.3, 0.4) is 0 Å². The van der Waals surface area contributed by atoms with Gasteiger partial charge in [-0.25, -0.2) is 4.68 Å². The summed E-state index contributed by atoms with van der Waals surface area (Å²) in [5.74, 6) is 2.37. The van der Waals surface area contributed by atoms with Gasteiger partial charge in [-0.2, -0.15) is 0 Å². The lowest BCUT2D eigenvalue weighted by Crippen LogP contribution is -2.36. The second-order valence-corrected chi connectivity index (χ2v) is 8.78. The smallest absolute Gasteiger partial charge is 0.173 e. The summed E-state index contributed by atoms with van der Waals surface area (Å²) in [5, 5.41) is 13.2. The average Bonchev–Trinajstić information content (AvgIpc) is 3.34. The van der Waals surface area contributed by atoms with Crippen LogP contribution in [0.5, 0.6) is 11.5 Å². The molecule has 0 bridgehead atoms. The zero-order valence-corrected chi connectivity index (χ0v) is 20.1. The van der Waals surface area contributed by atoms with E-state index in [0.717, 1.165) is 55.2 Å². The van der Waals surface area contributed by atoms with Crippen molar-refractivity contribution in [3.8, 4) is 11.5 Å². The molecule has 0 radical (unpaired) electrons. The third kappa shape index (κ3) is 4.70. The van der Waals surface area contributed by atoms with E-state index in [-0.39, 0.29) is 18.4 Å². The number of fused-ring (bicyclic) bond motifs is 1. The summed E-state index contributed by atoms with van der Waals surface area (Å²) >= 11 is 0. The van der Waals surface area contributed by atoms with Crippen molar-refractivity contribution in [2.75, 3.05) is 20.8 Å². The number of ether oxygens (including phenoxy) is 2. The molecule has 0 N–H and O–H groups in total. The molecule has 1 atom stereocenters. The van der Waals surface area contributed by atoms with E-state index in [9.17, 15) is 0 Å². The maximum absolute atomic E-state index is 5.63. The van der Waals surface area contributed by atoms with E-state index in [1.165, 1.54) is 30.4 Å². The number of rotatable bonds is 6. The zero-order valence-electron chi connectivity index (χ0n) is 19.3. The minimum Gasteiger partial charge on any atom is -0.493 e. The molecular formula is C25H32ClN5O2. The SMILES string of the molecule is COc1ccc(C(c2nnnn2C2CCCCC2)N2CCc3ccccc3C2)cc1OC.Cl. The minimum absolute atomic E-state index is 0. The maximum atomic E-state index is 5.63. The summed E-state index contributed by atoms with van der Waals surface area (Å²) in [6, 6.07) is 15.2.